The molecule has 0 saturated heterocycles. The van der Waals surface area contributed by atoms with E-state index in [9.17, 15) is 4.79 Å². The van der Waals surface area contributed by atoms with E-state index in [4.69, 9.17) is 4.74 Å². The highest BCUT2D eigenvalue weighted by Gasteiger charge is 2.46. The average molecular weight is 297 g/mol. The van der Waals surface area contributed by atoms with E-state index in [0.717, 1.165) is 37.4 Å². The lowest BCUT2D eigenvalue weighted by Crippen LogP contribution is -2.51. The summed E-state index contributed by atoms with van der Waals surface area (Å²) in [5.74, 6) is -0.131. The molecule has 0 aromatic carbocycles. The molecule has 0 radical (unpaired) electrons. The van der Waals surface area contributed by atoms with Crippen molar-refractivity contribution in [3.8, 4) is 0 Å². The van der Waals surface area contributed by atoms with Gasteiger partial charge in [0.25, 0.3) is 0 Å². The molecule has 2 rings (SSSR count). The quantitative estimate of drug-likeness (QED) is 0.814. The van der Waals surface area contributed by atoms with Gasteiger partial charge in [0.15, 0.2) is 5.16 Å². The van der Waals surface area contributed by atoms with Crippen LogP contribution in [0.4, 0.5) is 0 Å². The van der Waals surface area contributed by atoms with E-state index in [1.165, 1.54) is 7.11 Å². The van der Waals surface area contributed by atoms with E-state index in [-0.39, 0.29) is 5.97 Å². The van der Waals surface area contributed by atoms with E-state index in [2.05, 4.69) is 17.2 Å². The summed E-state index contributed by atoms with van der Waals surface area (Å²) in [6, 6.07) is 0. The van der Waals surface area contributed by atoms with Crippen molar-refractivity contribution < 1.29 is 9.53 Å². The Hall–Kier alpha value is -1.01. The van der Waals surface area contributed by atoms with Gasteiger partial charge in [-0.1, -0.05) is 18.7 Å². The molecule has 1 N–H and O–H groups in total. The number of hydrogen-bond donors (Lipinski definition) is 1. The molecule has 1 saturated carbocycles. The largest absolute Gasteiger partial charge is 0.468 e. The van der Waals surface area contributed by atoms with Crippen LogP contribution in [0.15, 0.2) is 17.6 Å². The van der Waals surface area contributed by atoms with E-state index in [0.29, 0.717) is 5.25 Å². The topological polar surface area (TPSA) is 56.1 Å². The van der Waals surface area contributed by atoms with Gasteiger partial charge in [0.2, 0.25) is 0 Å². The van der Waals surface area contributed by atoms with Crippen molar-refractivity contribution >= 4 is 17.7 Å². The first-order valence-electron chi connectivity index (χ1n) is 7.08. The van der Waals surface area contributed by atoms with Crippen LogP contribution < -0.4 is 5.32 Å². The fraction of sp³-hybridized carbons (Fsp3) is 0.714. The molecule has 0 aliphatic heterocycles. The average Bonchev–Trinajstić information content (AvgIpc) is 3.04. The van der Waals surface area contributed by atoms with Crippen LogP contribution in [0.5, 0.6) is 0 Å². The van der Waals surface area contributed by atoms with Crippen molar-refractivity contribution in [1.82, 2.24) is 14.9 Å². The number of thioether (sulfide) groups is 1. The summed E-state index contributed by atoms with van der Waals surface area (Å²) < 4.78 is 7.03. The van der Waals surface area contributed by atoms with Crippen molar-refractivity contribution in [1.29, 1.82) is 0 Å². The molecular weight excluding hydrogens is 274 g/mol. The molecule has 0 amide bonds. The van der Waals surface area contributed by atoms with Gasteiger partial charge in [-0.05, 0) is 32.2 Å². The highest BCUT2D eigenvalue weighted by atomic mass is 32.2. The molecule has 1 aromatic rings. The third-order valence-electron chi connectivity index (χ3n) is 3.81. The Balaban J connectivity index is 2.03. The standard InChI is InChI=1S/C14H23N3O2S/c1-4-7-16-14(12(18)19-3)6-5-11(10-14)20-13-15-8-9-17(13)2/h8-9,11,16H,4-7,10H2,1-3H3. The van der Waals surface area contributed by atoms with Gasteiger partial charge >= 0.3 is 5.97 Å². The Morgan fingerprint density at radius 2 is 2.50 bits per heavy atom. The lowest BCUT2D eigenvalue weighted by atomic mass is 9.97. The second-order valence-electron chi connectivity index (χ2n) is 5.30. The minimum Gasteiger partial charge on any atom is -0.468 e. The van der Waals surface area contributed by atoms with Gasteiger partial charge < -0.3 is 14.6 Å². The summed E-state index contributed by atoms with van der Waals surface area (Å²) in [4.78, 5) is 16.5. The number of hydrogen-bond acceptors (Lipinski definition) is 5. The zero-order chi connectivity index (χ0) is 14.6. The van der Waals surface area contributed by atoms with Gasteiger partial charge in [-0.3, -0.25) is 4.79 Å². The van der Waals surface area contributed by atoms with Crippen molar-refractivity contribution in [2.24, 2.45) is 7.05 Å². The molecule has 20 heavy (non-hydrogen) atoms. The van der Waals surface area contributed by atoms with Gasteiger partial charge in [0.1, 0.15) is 5.54 Å². The molecule has 0 spiro atoms. The number of carbonyl (C=O) groups excluding carboxylic acids is 1. The number of imidazole rings is 1. The Morgan fingerprint density at radius 3 is 3.10 bits per heavy atom. The minimum atomic E-state index is -0.506. The van der Waals surface area contributed by atoms with Gasteiger partial charge in [0, 0.05) is 24.7 Å². The zero-order valence-corrected chi connectivity index (χ0v) is 13.2. The zero-order valence-electron chi connectivity index (χ0n) is 12.4. The number of methoxy groups -OCH3 is 1. The van der Waals surface area contributed by atoms with Gasteiger partial charge in [-0.2, -0.15) is 0 Å². The molecule has 1 heterocycles. The summed E-state index contributed by atoms with van der Waals surface area (Å²) in [5, 5.41) is 4.81. The first-order chi connectivity index (χ1) is 9.61. The van der Waals surface area contributed by atoms with Crippen molar-refractivity contribution in [3.63, 3.8) is 0 Å². The second kappa shape index (κ2) is 6.63. The van der Waals surface area contributed by atoms with Gasteiger partial charge in [-0.15, -0.1) is 0 Å². The molecule has 1 fully saturated rings. The number of esters is 1. The van der Waals surface area contributed by atoms with Crippen LogP contribution in [-0.4, -0.2) is 40.0 Å². The summed E-state index contributed by atoms with van der Waals surface area (Å²) in [6.45, 7) is 2.95. The van der Waals surface area contributed by atoms with Gasteiger partial charge in [-0.25, -0.2) is 4.98 Å². The van der Waals surface area contributed by atoms with E-state index >= 15 is 0 Å². The molecule has 112 valence electrons. The number of carbonyl (C=O) groups is 1. The number of aromatic nitrogens is 2. The first kappa shape index (κ1) is 15.4. The maximum Gasteiger partial charge on any atom is 0.326 e. The summed E-state index contributed by atoms with van der Waals surface area (Å²) in [6.07, 6.45) is 7.40. The van der Waals surface area contributed by atoms with Crippen LogP contribution in [0.3, 0.4) is 0 Å². The predicted molar refractivity (Wildman–Crippen MR) is 79.7 cm³/mol. The van der Waals surface area contributed by atoms with Crippen molar-refractivity contribution in [2.75, 3.05) is 13.7 Å². The Bertz CT molecular complexity index is 463. The molecule has 1 aliphatic rings. The second-order valence-corrected chi connectivity index (χ2v) is 6.57. The number of rotatable bonds is 6. The van der Waals surface area contributed by atoms with Crippen LogP contribution in [0.25, 0.3) is 0 Å². The lowest BCUT2D eigenvalue weighted by molar-refractivity contribution is -0.148. The fourth-order valence-electron chi connectivity index (χ4n) is 2.69. The molecule has 2 atom stereocenters. The normalized spacial score (nSPS) is 25.9. The third kappa shape index (κ3) is 3.17. The smallest absolute Gasteiger partial charge is 0.326 e. The van der Waals surface area contributed by atoms with Gasteiger partial charge in [0.05, 0.1) is 7.11 Å². The van der Waals surface area contributed by atoms with E-state index in [1.54, 1.807) is 18.0 Å². The van der Waals surface area contributed by atoms with E-state index in [1.807, 2.05) is 17.8 Å². The Kier molecular flexibility index (Phi) is 5.10. The molecular formula is C14H23N3O2S. The maximum absolute atomic E-state index is 12.1. The van der Waals surface area contributed by atoms with Crippen molar-refractivity contribution in [3.05, 3.63) is 12.4 Å². The van der Waals surface area contributed by atoms with E-state index < -0.39 is 5.54 Å². The van der Waals surface area contributed by atoms with Crippen molar-refractivity contribution in [2.45, 2.75) is 48.6 Å². The molecule has 0 bridgehead atoms. The van der Waals surface area contributed by atoms with Crippen LogP contribution in [0.1, 0.15) is 32.6 Å². The predicted octanol–water partition coefficient (Wildman–Crippen LogP) is 1.98. The lowest BCUT2D eigenvalue weighted by Gasteiger charge is -2.27. The molecule has 2 unspecified atom stereocenters. The highest BCUT2D eigenvalue weighted by Crippen LogP contribution is 2.40. The minimum absolute atomic E-state index is 0.131. The summed E-state index contributed by atoms with van der Waals surface area (Å²) in [7, 11) is 3.46. The SMILES string of the molecule is CCCNC1(C(=O)OC)CCC(Sc2nccn2C)C1. The summed E-state index contributed by atoms with van der Waals surface area (Å²) >= 11 is 1.75. The van der Waals surface area contributed by atoms with Crippen LogP contribution in [0.2, 0.25) is 0 Å². The number of aryl methyl sites for hydroxylation is 1. The molecule has 1 aromatic heterocycles. The van der Waals surface area contributed by atoms with Crippen LogP contribution in [0, 0.1) is 0 Å². The molecule has 1 aliphatic carbocycles. The van der Waals surface area contributed by atoms with Crippen LogP contribution >= 0.6 is 11.8 Å². The fourth-order valence-corrected chi connectivity index (χ4v) is 3.94. The number of nitrogens with one attached hydrogen (secondary N) is 1. The van der Waals surface area contributed by atoms with Crippen LogP contribution in [-0.2, 0) is 16.6 Å². The first-order valence-corrected chi connectivity index (χ1v) is 7.96. The third-order valence-corrected chi connectivity index (χ3v) is 5.15. The monoisotopic (exact) mass is 297 g/mol. The number of nitrogens with zero attached hydrogens (tertiary/aromatic N) is 2. The Morgan fingerprint density at radius 1 is 1.70 bits per heavy atom. The molecule has 5 nitrogen and oxygen atoms in total. The number of ether oxygens (including phenoxy) is 1. The Labute approximate surface area is 124 Å². The highest BCUT2D eigenvalue weighted by molar-refractivity contribution is 7.99. The maximum atomic E-state index is 12.1. The molecule has 6 heteroatoms. The summed E-state index contributed by atoms with van der Waals surface area (Å²) in [5.41, 5.74) is -0.506.